The van der Waals surface area contributed by atoms with Crippen LogP contribution >= 0.6 is 0 Å². The molecule has 0 spiro atoms. The summed E-state index contributed by atoms with van der Waals surface area (Å²) in [7, 11) is 0. The van der Waals surface area contributed by atoms with Crippen molar-refractivity contribution >= 4 is 5.97 Å². The zero-order chi connectivity index (χ0) is 12.6. The van der Waals surface area contributed by atoms with Gasteiger partial charge in [-0.3, -0.25) is 0 Å². The first kappa shape index (κ1) is 12.1. The maximum atomic E-state index is 11.5. The first-order valence-electron chi connectivity index (χ1n) is 6.01. The Kier molecular flexibility index (Phi) is 2.96. The van der Waals surface area contributed by atoms with Crippen molar-refractivity contribution in [3.05, 3.63) is 34.9 Å². The minimum absolute atomic E-state index is 0.0590. The first-order valence-corrected chi connectivity index (χ1v) is 6.01. The molecule has 0 aliphatic carbocycles. The fraction of sp³-hybridized carbons (Fsp3) is 0.500. The molecule has 3 heteroatoms. The van der Waals surface area contributed by atoms with Crippen molar-refractivity contribution in [2.45, 2.75) is 45.3 Å². The minimum Gasteiger partial charge on any atom is -0.479 e. The lowest BCUT2D eigenvalue weighted by atomic mass is 9.83. The molecule has 2 atom stereocenters. The molecule has 0 aromatic heterocycles. The third-order valence-electron chi connectivity index (χ3n) is 3.50. The smallest absolute Gasteiger partial charge is 0.340 e. The average molecular weight is 234 g/mol. The fourth-order valence-corrected chi connectivity index (χ4v) is 2.61. The summed E-state index contributed by atoms with van der Waals surface area (Å²) in [4.78, 5) is 11.5. The van der Waals surface area contributed by atoms with Crippen LogP contribution in [0.5, 0.6) is 0 Å². The van der Waals surface area contributed by atoms with Crippen molar-refractivity contribution in [2.75, 3.05) is 0 Å². The van der Waals surface area contributed by atoms with E-state index in [4.69, 9.17) is 4.74 Å². The number of hydrogen-bond donors (Lipinski definition) is 1. The molecule has 92 valence electrons. The van der Waals surface area contributed by atoms with Gasteiger partial charge in [-0.1, -0.05) is 25.1 Å². The van der Waals surface area contributed by atoms with E-state index in [1.165, 1.54) is 5.56 Å². The number of carboxylic acid groups (broad SMARTS) is 1. The van der Waals surface area contributed by atoms with E-state index >= 15 is 0 Å². The van der Waals surface area contributed by atoms with Gasteiger partial charge in [-0.2, -0.15) is 0 Å². The second kappa shape index (κ2) is 4.15. The van der Waals surface area contributed by atoms with E-state index in [1.807, 2.05) is 19.1 Å². The van der Waals surface area contributed by atoms with E-state index in [2.05, 4.69) is 13.0 Å². The Hall–Kier alpha value is -1.35. The van der Waals surface area contributed by atoms with Crippen molar-refractivity contribution in [2.24, 2.45) is 0 Å². The monoisotopic (exact) mass is 234 g/mol. The van der Waals surface area contributed by atoms with E-state index in [0.29, 0.717) is 0 Å². The molecule has 0 saturated carbocycles. The van der Waals surface area contributed by atoms with Crippen LogP contribution in [0.3, 0.4) is 0 Å². The van der Waals surface area contributed by atoms with E-state index in [9.17, 15) is 9.90 Å². The fourth-order valence-electron chi connectivity index (χ4n) is 2.61. The zero-order valence-corrected chi connectivity index (χ0v) is 10.5. The summed E-state index contributed by atoms with van der Waals surface area (Å²) in [6, 6.07) is 5.85. The summed E-state index contributed by atoms with van der Waals surface area (Å²) in [5.41, 5.74) is 1.98. The molecule has 3 nitrogen and oxygen atoms in total. The second-order valence-electron chi connectivity index (χ2n) is 4.77. The van der Waals surface area contributed by atoms with Gasteiger partial charge in [0.1, 0.15) is 0 Å². The first-order chi connectivity index (χ1) is 7.99. The van der Waals surface area contributed by atoms with Gasteiger partial charge < -0.3 is 9.84 Å². The van der Waals surface area contributed by atoms with Gasteiger partial charge in [-0.05, 0) is 43.4 Å². The quantitative estimate of drug-likeness (QED) is 0.855. The van der Waals surface area contributed by atoms with Gasteiger partial charge in [-0.15, -0.1) is 0 Å². The summed E-state index contributed by atoms with van der Waals surface area (Å²) in [5.74, 6) is -0.918. The highest BCUT2D eigenvalue weighted by molar-refractivity contribution is 5.80. The molecule has 1 aliphatic heterocycles. The van der Waals surface area contributed by atoms with Gasteiger partial charge in [-0.25, -0.2) is 4.79 Å². The molecular formula is C14H18O3. The number of benzene rings is 1. The average Bonchev–Trinajstić information content (AvgIpc) is 2.28. The minimum atomic E-state index is -1.21. The highest BCUT2D eigenvalue weighted by Gasteiger charge is 2.43. The summed E-state index contributed by atoms with van der Waals surface area (Å²) in [5, 5.41) is 9.40. The third kappa shape index (κ3) is 1.84. The summed E-state index contributed by atoms with van der Waals surface area (Å²) in [6.45, 7) is 5.66. The number of ether oxygens (including phenoxy) is 1. The molecule has 1 heterocycles. The summed E-state index contributed by atoms with van der Waals surface area (Å²) >= 11 is 0. The number of carbonyl (C=O) groups is 1. The van der Waals surface area contributed by atoms with Crippen LogP contribution in [0.25, 0.3) is 0 Å². The lowest BCUT2D eigenvalue weighted by molar-refractivity contribution is -0.174. The second-order valence-corrected chi connectivity index (χ2v) is 4.77. The van der Waals surface area contributed by atoms with Crippen LogP contribution in [0, 0.1) is 0 Å². The maximum absolute atomic E-state index is 11.5. The highest BCUT2D eigenvalue weighted by atomic mass is 16.5. The Labute approximate surface area is 101 Å². The van der Waals surface area contributed by atoms with Gasteiger partial charge in [0.25, 0.3) is 0 Å². The van der Waals surface area contributed by atoms with E-state index in [0.717, 1.165) is 24.0 Å². The Morgan fingerprint density at radius 3 is 2.88 bits per heavy atom. The maximum Gasteiger partial charge on any atom is 0.340 e. The standard InChI is InChI=1S/C14H18O3/c1-4-10-6-5-7-12-11(10)8-9(2)17-14(12,3)13(15)16/h5-7,9H,4,8H2,1-3H3,(H,15,16). The zero-order valence-electron chi connectivity index (χ0n) is 10.5. The third-order valence-corrected chi connectivity index (χ3v) is 3.50. The Morgan fingerprint density at radius 1 is 1.59 bits per heavy atom. The van der Waals surface area contributed by atoms with Crippen molar-refractivity contribution < 1.29 is 14.6 Å². The molecule has 17 heavy (non-hydrogen) atoms. The number of hydrogen-bond acceptors (Lipinski definition) is 2. The number of rotatable bonds is 2. The molecule has 0 amide bonds. The molecule has 0 saturated heterocycles. The van der Waals surface area contributed by atoms with Gasteiger partial charge in [0.2, 0.25) is 0 Å². The van der Waals surface area contributed by atoms with E-state index < -0.39 is 11.6 Å². The van der Waals surface area contributed by atoms with Gasteiger partial charge in [0.05, 0.1) is 6.10 Å². The number of carboxylic acids is 1. The van der Waals surface area contributed by atoms with Crippen LogP contribution in [0.2, 0.25) is 0 Å². The lowest BCUT2D eigenvalue weighted by Crippen LogP contribution is -2.43. The topological polar surface area (TPSA) is 46.5 Å². The van der Waals surface area contributed by atoms with Gasteiger partial charge in [0.15, 0.2) is 5.60 Å². The molecular weight excluding hydrogens is 216 g/mol. The molecule has 0 bridgehead atoms. The predicted molar refractivity (Wildman–Crippen MR) is 65.1 cm³/mol. The van der Waals surface area contributed by atoms with Crippen LogP contribution in [-0.2, 0) is 28.0 Å². The highest BCUT2D eigenvalue weighted by Crippen LogP contribution is 2.37. The van der Waals surface area contributed by atoms with Gasteiger partial charge in [0, 0.05) is 0 Å². The molecule has 1 aromatic rings. The number of aryl methyl sites for hydroxylation is 1. The molecule has 2 unspecified atom stereocenters. The summed E-state index contributed by atoms with van der Waals surface area (Å²) in [6.07, 6.45) is 1.66. The Balaban J connectivity index is 2.62. The molecule has 1 aliphatic rings. The molecule has 0 radical (unpaired) electrons. The Bertz CT molecular complexity index is 453. The largest absolute Gasteiger partial charge is 0.479 e. The van der Waals surface area contributed by atoms with Crippen LogP contribution < -0.4 is 0 Å². The van der Waals surface area contributed by atoms with Crippen molar-refractivity contribution in [1.82, 2.24) is 0 Å². The van der Waals surface area contributed by atoms with Gasteiger partial charge >= 0.3 is 5.97 Å². The van der Waals surface area contributed by atoms with E-state index in [-0.39, 0.29) is 6.10 Å². The van der Waals surface area contributed by atoms with Crippen molar-refractivity contribution in [3.8, 4) is 0 Å². The summed E-state index contributed by atoms with van der Waals surface area (Å²) < 4.78 is 5.66. The SMILES string of the molecule is CCc1cccc2c1CC(C)OC2(C)C(=O)O. The molecule has 2 rings (SSSR count). The van der Waals surface area contributed by atoms with Crippen LogP contribution in [0.15, 0.2) is 18.2 Å². The van der Waals surface area contributed by atoms with Crippen molar-refractivity contribution in [3.63, 3.8) is 0 Å². The van der Waals surface area contributed by atoms with Crippen LogP contribution in [0.4, 0.5) is 0 Å². The van der Waals surface area contributed by atoms with Crippen LogP contribution in [0.1, 0.15) is 37.5 Å². The molecule has 1 N–H and O–H groups in total. The van der Waals surface area contributed by atoms with E-state index in [1.54, 1.807) is 6.92 Å². The van der Waals surface area contributed by atoms with Crippen LogP contribution in [-0.4, -0.2) is 17.2 Å². The normalized spacial score (nSPS) is 27.6. The number of aliphatic carboxylic acids is 1. The lowest BCUT2D eigenvalue weighted by Gasteiger charge is -2.37. The predicted octanol–water partition coefficient (Wildman–Crippen LogP) is 2.51. The Morgan fingerprint density at radius 2 is 2.29 bits per heavy atom. The number of fused-ring (bicyclic) bond motifs is 1. The van der Waals surface area contributed by atoms with Crippen molar-refractivity contribution in [1.29, 1.82) is 0 Å². The molecule has 0 fully saturated rings. The molecule has 1 aromatic carbocycles.